The van der Waals surface area contributed by atoms with Crippen molar-refractivity contribution in [1.82, 2.24) is 15.5 Å². The topological polar surface area (TPSA) is 47.0 Å². The highest BCUT2D eigenvalue weighted by molar-refractivity contribution is 7.11. The molecule has 1 rings (SSSR count). The van der Waals surface area contributed by atoms with Crippen LogP contribution in [0.25, 0.3) is 0 Å². The molecule has 0 bridgehead atoms. The average molecular weight is 257 g/mol. The molecule has 1 aromatic heterocycles. The van der Waals surface area contributed by atoms with Gasteiger partial charge in [0, 0.05) is 0 Å². The molecular formula is C12H23N3OS. The van der Waals surface area contributed by atoms with Crippen molar-refractivity contribution in [2.24, 2.45) is 0 Å². The zero-order valence-corrected chi connectivity index (χ0v) is 12.2. The molecule has 0 fully saturated rings. The van der Waals surface area contributed by atoms with Gasteiger partial charge >= 0.3 is 0 Å². The van der Waals surface area contributed by atoms with E-state index in [0.717, 1.165) is 23.0 Å². The highest BCUT2D eigenvalue weighted by Gasteiger charge is 2.14. The van der Waals surface area contributed by atoms with E-state index in [1.807, 2.05) is 20.8 Å². The highest BCUT2D eigenvalue weighted by atomic mass is 32.1. The third-order valence-electron chi connectivity index (χ3n) is 2.18. The maximum absolute atomic E-state index is 5.68. The number of hydrogen-bond donors (Lipinski definition) is 1. The van der Waals surface area contributed by atoms with Crippen LogP contribution < -0.4 is 5.32 Å². The minimum atomic E-state index is -0.127. The van der Waals surface area contributed by atoms with Crippen molar-refractivity contribution in [3.05, 3.63) is 10.0 Å². The Morgan fingerprint density at radius 3 is 2.65 bits per heavy atom. The predicted octanol–water partition coefficient (Wildman–Crippen LogP) is 2.91. The van der Waals surface area contributed by atoms with Crippen LogP contribution in [-0.4, -0.2) is 22.3 Å². The van der Waals surface area contributed by atoms with Gasteiger partial charge < -0.3 is 10.1 Å². The Morgan fingerprint density at radius 2 is 2.06 bits per heavy atom. The summed E-state index contributed by atoms with van der Waals surface area (Å²) in [6.07, 6.45) is 1.13. The standard InChI is InChI=1S/C12H23N3OS/c1-6-7-13-9(2)11-15-14-10(17-11)8-16-12(3,4)5/h9,13H,6-8H2,1-5H3. The van der Waals surface area contributed by atoms with Gasteiger partial charge in [-0.1, -0.05) is 18.3 Å². The van der Waals surface area contributed by atoms with E-state index in [0.29, 0.717) is 6.61 Å². The summed E-state index contributed by atoms with van der Waals surface area (Å²) in [7, 11) is 0. The van der Waals surface area contributed by atoms with Crippen LogP contribution in [-0.2, 0) is 11.3 Å². The maximum Gasteiger partial charge on any atom is 0.143 e. The number of nitrogens with one attached hydrogen (secondary N) is 1. The molecule has 0 aliphatic rings. The molecule has 1 N–H and O–H groups in total. The molecule has 0 radical (unpaired) electrons. The Balaban J connectivity index is 2.47. The second-order valence-corrected chi connectivity index (χ2v) is 6.20. The number of ether oxygens (including phenoxy) is 1. The van der Waals surface area contributed by atoms with Crippen molar-refractivity contribution >= 4 is 11.3 Å². The van der Waals surface area contributed by atoms with Crippen LogP contribution in [0.5, 0.6) is 0 Å². The lowest BCUT2D eigenvalue weighted by atomic mass is 10.2. The first-order chi connectivity index (χ1) is 7.92. The fraction of sp³-hybridized carbons (Fsp3) is 0.833. The number of hydrogen-bond acceptors (Lipinski definition) is 5. The third-order valence-corrected chi connectivity index (χ3v) is 3.26. The van der Waals surface area contributed by atoms with Crippen LogP contribution >= 0.6 is 11.3 Å². The molecule has 1 heterocycles. The van der Waals surface area contributed by atoms with Crippen LogP contribution in [0.3, 0.4) is 0 Å². The molecule has 0 aliphatic carbocycles. The molecule has 0 aliphatic heterocycles. The van der Waals surface area contributed by atoms with E-state index in [4.69, 9.17) is 4.74 Å². The fourth-order valence-electron chi connectivity index (χ4n) is 1.23. The number of rotatable bonds is 6. The molecular weight excluding hydrogens is 234 g/mol. The largest absolute Gasteiger partial charge is 0.369 e. The predicted molar refractivity (Wildman–Crippen MR) is 71.2 cm³/mol. The van der Waals surface area contributed by atoms with E-state index in [1.165, 1.54) is 0 Å². The fourth-order valence-corrected chi connectivity index (χ4v) is 2.01. The number of aromatic nitrogens is 2. The van der Waals surface area contributed by atoms with Crippen molar-refractivity contribution in [3.63, 3.8) is 0 Å². The molecule has 1 unspecified atom stereocenters. The minimum absolute atomic E-state index is 0.127. The van der Waals surface area contributed by atoms with Gasteiger partial charge in [0.05, 0.1) is 11.6 Å². The van der Waals surface area contributed by atoms with Crippen molar-refractivity contribution in [1.29, 1.82) is 0 Å². The highest BCUT2D eigenvalue weighted by Crippen LogP contribution is 2.20. The maximum atomic E-state index is 5.68. The molecule has 4 nitrogen and oxygen atoms in total. The minimum Gasteiger partial charge on any atom is -0.369 e. The van der Waals surface area contributed by atoms with Gasteiger partial charge in [-0.15, -0.1) is 10.2 Å². The summed E-state index contributed by atoms with van der Waals surface area (Å²) in [5.74, 6) is 0. The molecule has 0 saturated carbocycles. The van der Waals surface area contributed by atoms with Gasteiger partial charge in [-0.25, -0.2) is 0 Å². The zero-order chi connectivity index (χ0) is 12.9. The first-order valence-electron chi connectivity index (χ1n) is 6.12. The second kappa shape index (κ2) is 6.42. The summed E-state index contributed by atoms with van der Waals surface area (Å²) >= 11 is 1.62. The molecule has 0 amide bonds. The van der Waals surface area contributed by atoms with E-state index >= 15 is 0 Å². The lowest BCUT2D eigenvalue weighted by molar-refractivity contribution is -0.0152. The Bertz CT molecular complexity index is 333. The Kier molecular flexibility index (Phi) is 5.49. The van der Waals surface area contributed by atoms with Gasteiger partial charge in [0.25, 0.3) is 0 Å². The quantitative estimate of drug-likeness (QED) is 0.851. The lowest BCUT2D eigenvalue weighted by Gasteiger charge is -2.18. The molecule has 5 heteroatoms. The average Bonchev–Trinajstić information content (AvgIpc) is 2.70. The molecule has 98 valence electrons. The smallest absolute Gasteiger partial charge is 0.143 e. The van der Waals surface area contributed by atoms with Crippen LogP contribution in [0.15, 0.2) is 0 Å². The van der Waals surface area contributed by atoms with Crippen LogP contribution in [0, 0.1) is 0 Å². The van der Waals surface area contributed by atoms with Crippen molar-refractivity contribution in [2.45, 2.75) is 59.3 Å². The first kappa shape index (κ1) is 14.5. The van der Waals surface area contributed by atoms with Crippen molar-refractivity contribution < 1.29 is 4.74 Å². The Hall–Kier alpha value is -0.520. The van der Waals surface area contributed by atoms with E-state index in [2.05, 4.69) is 29.4 Å². The summed E-state index contributed by atoms with van der Waals surface area (Å²) in [6.45, 7) is 11.9. The number of nitrogens with zero attached hydrogens (tertiary/aromatic N) is 2. The van der Waals surface area contributed by atoms with Gasteiger partial charge in [0.15, 0.2) is 0 Å². The van der Waals surface area contributed by atoms with Crippen LogP contribution in [0.2, 0.25) is 0 Å². The Labute approximate surface area is 108 Å². The van der Waals surface area contributed by atoms with Gasteiger partial charge in [-0.3, -0.25) is 0 Å². The molecule has 0 saturated heterocycles. The monoisotopic (exact) mass is 257 g/mol. The summed E-state index contributed by atoms with van der Waals surface area (Å²) < 4.78 is 5.68. The van der Waals surface area contributed by atoms with Gasteiger partial charge in [0.1, 0.15) is 16.6 Å². The lowest BCUT2D eigenvalue weighted by Crippen LogP contribution is -2.19. The zero-order valence-electron chi connectivity index (χ0n) is 11.4. The third kappa shape index (κ3) is 5.57. The van der Waals surface area contributed by atoms with Crippen molar-refractivity contribution in [2.75, 3.05) is 6.54 Å². The molecule has 0 aromatic carbocycles. The van der Waals surface area contributed by atoms with E-state index in [1.54, 1.807) is 11.3 Å². The first-order valence-corrected chi connectivity index (χ1v) is 6.93. The van der Waals surface area contributed by atoms with E-state index in [9.17, 15) is 0 Å². The van der Waals surface area contributed by atoms with Crippen molar-refractivity contribution in [3.8, 4) is 0 Å². The molecule has 17 heavy (non-hydrogen) atoms. The Morgan fingerprint density at radius 1 is 1.35 bits per heavy atom. The molecule has 1 atom stereocenters. The normalized spacial score (nSPS) is 13.9. The summed E-state index contributed by atoms with van der Waals surface area (Å²) in [5, 5.41) is 13.7. The van der Waals surface area contributed by atoms with Crippen LogP contribution in [0.4, 0.5) is 0 Å². The SMILES string of the molecule is CCCNC(C)c1nnc(COC(C)(C)C)s1. The molecule has 1 aromatic rings. The van der Waals surface area contributed by atoms with E-state index < -0.39 is 0 Å². The van der Waals surface area contributed by atoms with Gasteiger partial charge in [0.2, 0.25) is 0 Å². The second-order valence-electron chi connectivity index (χ2n) is 5.11. The summed E-state index contributed by atoms with van der Waals surface area (Å²) in [5.41, 5.74) is -0.127. The van der Waals surface area contributed by atoms with Gasteiger partial charge in [-0.05, 0) is 40.7 Å². The summed E-state index contributed by atoms with van der Waals surface area (Å²) in [4.78, 5) is 0. The summed E-state index contributed by atoms with van der Waals surface area (Å²) in [6, 6.07) is 0.274. The van der Waals surface area contributed by atoms with E-state index in [-0.39, 0.29) is 11.6 Å². The molecule has 0 spiro atoms. The van der Waals surface area contributed by atoms with Gasteiger partial charge in [-0.2, -0.15) is 0 Å². The van der Waals surface area contributed by atoms with Crippen LogP contribution in [0.1, 0.15) is 57.1 Å².